The van der Waals surface area contributed by atoms with E-state index in [1.165, 1.54) is 44.9 Å². The molecular formula is C15H28N2O. The van der Waals surface area contributed by atoms with Crippen molar-refractivity contribution in [1.29, 1.82) is 0 Å². The molecule has 104 valence electrons. The Morgan fingerprint density at radius 1 is 1.17 bits per heavy atom. The molecular weight excluding hydrogens is 224 g/mol. The quantitative estimate of drug-likeness (QED) is 0.815. The molecule has 0 aromatic heterocycles. The number of rotatable bonds is 5. The van der Waals surface area contributed by atoms with Crippen LogP contribution in [0.15, 0.2) is 0 Å². The second-order valence-corrected chi connectivity index (χ2v) is 5.85. The molecule has 3 nitrogen and oxygen atoms in total. The molecule has 1 aliphatic heterocycles. The highest BCUT2D eigenvalue weighted by Crippen LogP contribution is 2.27. The molecule has 1 saturated carbocycles. The first-order chi connectivity index (χ1) is 8.81. The highest BCUT2D eigenvalue weighted by molar-refractivity contribution is 5.76. The summed E-state index contributed by atoms with van der Waals surface area (Å²) in [6.45, 7) is 5.12. The van der Waals surface area contributed by atoms with Gasteiger partial charge in [0, 0.05) is 32.1 Å². The number of nitrogens with one attached hydrogen (secondary N) is 1. The molecule has 3 heteroatoms. The highest BCUT2D eigenvalue weighted by Gasteiger charge is 2.25. The van der Waals surface area contributed by atoms with Crippen LogP contribution in [0.1, 0.15) is 58.3 Å². The molecule has 2 atom stereocenters. The standard InChI is InChI=1S/C15H28N2O/c1-2-13-7-6-8-14(13)16-10-9-15(18)17-11-4-3-5-12-17/h13-14,16H,2-12H2,1H3. The maximum Gasteiger partial charge on any atom is 0.223 e. The van der Waals surface area contributed by atoms with Gasteiger partial charge in [0.2, 0.25) is 5.91 Å². The van der Waals surface area contributed by atoms with Gasteiger partial charge in [-0.1, -0.05) is 19.8 Å². The van der Waals surface area contributed by atoms with Crippen molar-refractivity contribution in [3.05, 3.63) is 0 Å². The summed E-state index contributed by atoms with van der Waals surface area (Å²) in [5.74, 6) is 1.20. The topological polar surface area (TPSA) is 32.3 Å². The Balaban J connectivity index is 1.63. The zero-order valence-electron chi connectivity index (χ0n) is 11.8. The fraction of sp³-hybridized carbons (Fsp3) is 0.933. The molecule has 0 spiro atoms. The van der Waals surface area contributed by atoms with E-state index in [9.17, 15) is 4.79 Å². The molecule has 2 unspecified atom stereocenters. The predicted molar refractivity (Wildman–Crippen MR) is 74.5 cm³/mol. The van der Waals surface area contributed by atoms with E-state index in [1.807, 2.05) is 0 Å². The van der Waals surface area contributed by atoms with Gasteiger partial charge in [0.1, 0.15) is 0 Å². The third-order valence-electron chi connectivity index (χ3n) is 4.64. The summed E-state index contributed by atoms with van der Waals surface area (Å²) in [7, 11) is 0. The summed E-state index contributed by atoms with van der Waals surface area (Å²) in [6, 6.07) is 0.671. The summed E-state index contributed by atoms with van der Waals surface area (Å²) in [6.07, 6.45) is 9.67. The number of carbonyl (C=O) groups excluding carboxylic acids is 1. The summed E-state index contributed by atoms with van der Waals surface area (Å²) < 4.78 is 0. The summed E-state index contributed by atoms with van der Waals surface area (Å²) in [4.78, 5) is 14.1. The molecule has 1 aliphatic carbocycles. The van der Waals surface area contributed by atoms with Crippen LogP contribution in [0.5, 0.6) is 0 Å². The van der Waals surface area contributed by atoms with Crippen molar-refractivity contribution in [2.75, 3.05) is 19.6 Å². The van der Waals surface area contributed by atoms with E-state index in [4.69, 9.17) is 0 Å². The van der Waals surface area contributed by atoms with Gasteiger partial charge in [-0.05, 0) is 38.0 Å². The molecule has 0 bridgehead atoms. The largest absolute Gasteiger partial charge is 0.343 e. The van der Waals surface area contributed by atoms with E-state index in [0.717, 1.165) is 25.6 Å². The molecule has 1 heterocycles. The lowest BCUT2D eigenvalue weighted by Crippen LogP contribution is -2.39. The van der Waals surface area contributed by atoms with E-state index in [0.29, 0.717) is 18.4 Å². The number of amides is 1. The van der Waals surface area contributed by atoms with Crippen LogP contribution in [0.3, 0.4) is 0 Å². The van der Waals surface area contributed by atoms with Crippen LogP contribution in [-0.2, 0) is 4.79 Å². The minimum Gasteiger partial charge on any atom is -0.343 e. The van der Waals surface area contributed by atoms with Crippen molar-refractivity contribution in [3.63, 3.8) is 0 Å². The SMILES string of the molecule is CCC1CCCC1NCCC(=O)N1CCCCC1. The Bertz CT molecular complexity index is 261. The Labute approximate surface area is 111 Å². The summed E-state index contributed by atoms with van der Waals surface area (Å²) in [5.41, 5.74) is 0. The second kappa shape index (κ2) is 7.13. The van der Waals surface area contributed by atoms with Crippen LogP contribution in [0.4, 0.5) is 0 Å². The first kappa shape index (κ1) is 13.9. The molecule has 0 aromatic rings. The van der Waals surface area contributed by atoms with E-state index in [1.54, 1.807) is 0 Å². The molecule has 1 saturated heterocycles. The first-order valence-corrected chi connectivity index (χ1v) is 7.82. The molecule has 1 N–H and O–H groups in total. The molecule has 2 fully saturated rings. The van der Waals surface area contributed by atoms with Gasteiger partial charge in [-0.25, -0.2) is 0 Å². The van der Waals surface area contributed by atoms with Crippen LogP contribution in [0, 0.1) is 5.92 Å². The predicted octanol–water partition coefficient (Wildman–Crippen LogP) is 2.56. The fourth-order valence-electron chi connectivity index (χ4n) is 3.46. The average molecular weight is 252 g/mol. The van der Waals surface area contributed by atoms with Gasteiger partial charge >= 0.3 is 0 Å². The molecule has 0 aromatic carbocycles. The lowest BCUT2D eigenvalue weighted by Gasteiger charge is -2.27. The van der Waals surface area contributed by atoms with Crippen molar-refractivity contribution in [2.24, 2.45) is 5.92 Å². The molecule has 2 rings (SSSR count). The smallest absolute Gasteiger partial charge is 0.223 e. The van der Waals surface area contributed by atoms with Crippen LogP contribution < -0.4 is 5.32 Å². The third-order valence-corrected chi connectivity index (χ3v) is 4.64. The number of hydrogen-bond donors (Lipinski definition) is 1. The zero-order valence-corrected chi connectivity index (χ0v) is 11.8. The lowest BCUT2D eigenvalue weighted by molar-refractivity contribution is -0.132. The summed E-state index contributed by atoms with van der Waals surface area (Å²) >= 11 is 0. The van der Waals surface area contributed by atoms with Crippen molar-refractivity contribution < 1.29 is 4.79 Å². The van der Waals surface area contributed by atoms with Crippen molar-refractivity contribution in [2.45, 2.75) is 64.3 Å². The van der Waals surface area contributed by atoms with Crippen molar-refractivity contribution >= 4 is 5.91 Å². The fourth-order valence-corrected chi connectivity index (χ4v) is 3.46. The number of hydrogen-bond acceptors (Lipinski definition) is 2. The van der Waals surface area contributed by atoms with Crippen molar-refractivity contribution in [1.82, 2.24) is 10.2 Å². The monoisotopic (exact) mass is 252 g/mol. The van der Waals surface area contributed by atoms with Gasteiger partial charge in [0.15, 0.2) is 0 Å². The number of likely N-dealkylation sites (tertiary alicyclic amines) is 1. The van der Waals surface area contributed by atoms with Crippen molar-refractivity contribution in [3.8, 4) is 0 Å². The Morgan fingerprint density at radius 3 is 2.67 bits per heavy atom. The average Bonchev–Trinajstić information content (AvgIpc) is 2.87. The minimum atomic E-state index is 0.355. The first-order valence-electron chi connectivity index (χ1n) is 7.82. The number of piperidine rings is 1. The van der Waals surface area contributed by atoms with Gasteiger partial charge in [0.05, 0.1) is 0 Å². The highest BCUT2D eigenvalue weighted by atomic mass is 16.2. The second-order valence-electron chi connectivity index (χ2n) is 5.85. The van der Waals surface area contributed by atoms with Gasteiger partial charge in [0.25, 0.3) is 0 Å². The lowest BCUT2D eigenvalue weighted by atomic mass is 10.0. The number of carbonyl (C=O) groups is 1. The normalized spacial score (nSPS) is 28.6. The van der Waals surface area contributed by atoms with Crippen LogP contribution >= 0.6 is 0 Å². The third kappa shape index (κ3) is 3.71. The van der Waals surface area contributed by atoms with Gasteiger partial charge in [-0.3, -0.25) is 4.79 Å². The van der Waals surface area contributed by atoms with Gasteiger partial charge in [-0.15, -0.1) is 0 Å². The zero-order chi connectivity index (χ0) is 12.8. The van der Waals surface area contributed by atoms with Crippen LogP contribution in [-0.4, -0.2) is 36.5 Å². The number of nitrogens with zero attached hydrogens (tertiary/aromatic N) is 1. The molecule has 1 amide bonds. The molecule has 18 heavy (non-hydrogen) atoms. The Morgan fingerprint density at radius 2 is 1.94 bits per heavy atom. The Kier molecular flexibility index (Phi) is 5.48. The van der Waals surface area contributed by atoms with Crippen LogP contribution in [0.25, 0.3) is 0 Å². The van der Waals surface area contributed by atoms with E-state index < -0.39 is 0 Å². The Hall–Kier alpha value is -0.570. The van der Waals surface area contributed by atoms with E-state index in [-0.39, 0.29) is 0 Å². The van der Waals surface area contributed by atoms with Crippen LogP contribution in [0.2, 0.25) is 0 Å². The van der Waals surface area contributed by atoms with E-state index >= 15 is 0 Å². The van der Waals surface area contributed by atoms with Gasteiger partial charge < -0.3 is 10.2 Å². The van der Waals surface area contributed by atoms with Gasteiger partial charge in [-0.2, -0.15) is 0 Å². The molecule has 0 radical (unpaired) electrons. The summed E-state index contributed by atoms with van der Waals surface area (Å²) in [5, 5.41) is 3.61. The van der Waals surface area contributed by atoms with E-state index in [2.05, 4.69) is 17.1 Å². The molecule has 2 aliphatic rings. The maximum absolute atomic E-state index is 12.0. The minimum absolute atomic E-state index is 0.355. The maximum atomic E-state index is 12.0.